The first kappa shape index (κ1) is 23.3. The summed E-state index contributed by atoms with van der Waals surface area (Å²) in [7, 11) is 0. The number of hydrogen-bond donors (Lipinski definition) is 0. The Morgan fingerprint density at radius 2 is 1.66 bits per heavy atom. The van der Waals surface area contributed by atoms with Gasteiger partial charge < -0.3 is 14.2 Å². The second-order valence-electron chi connectivity index (χ2n) is 10.0. The maximum atomic E-state index is 13.5. The number of piperidine rings is 2. The molecule has 2 fully saturated rings. The summed E-state index contributed by atoms with van der Waals surface area (Å²) in [6, 6.07) is 14.7. The molecule has 1 atom stereocenters. The van der Waals surface area contributed by atoms with Gasteiger partial charge in [0.25, 0.3) is 5.91 Å². The average molecular weight is 473 g/mol. The van der Waals surface area contributed by atoms with E-state index >= 15 is 0 Å². The number of para-hydroxylation sites is 1. The van der Waals surface area contributed by atoms with E-state index in [0.717, 1.165) is 25.1 Å². The molecule has 1 aromatic heterocycles. The van der Waals surface area contributed by atoms with Crippen LogP contribution in [0, 0.1) is 18.8 Å². The third kappa shape index (κ3) is 4.49. The molecule has 0 radical (unpaired) electrons. The van der Waals surface area contributed by atoms with Gasteiger partial charge in [0.05, 0.1) is 10.9 Å². The molecule has 2 saturated heterocycles. The normalized spacial score (nSPS) is 19.2. The summed E-state index contributed by atoms with van der Waals surface area (Å²) in [5, 5.41) is 0.414. The molecule has 2 aliphatic heterocycles. The molecule has 0 saturated carbocycles. The highest BCUT2D eigenvalue weighted by Gasteiger charge is 2.32. The lowest BCUT2D eigenvalue weighted by Gasteiger charge is -2.37. The Hall–Kier alpha value is -3.41. The number of fused-ring (bicyclic) bond motifs is 1. The standard InChI is InChI=1S/C29H32N2O4/c1-19-8-7-15-31(18-19)28(33)22-13-16-30(17-14-22)29(34)24-12-6-11-23-25(32)20(2)26(35-27(23)24)21-9-4-3-5-10-21/h3-6,9-12,19,22H,7-8,13-18H2,1-2H3. The lowest BCUT2D eigenvalue weighted by Crippen LogP contribution is -2.47. The first-order chi connectivity index (χ1) is 16.9. The molecule has 0 spiro atoms. The molecule has 0 aliphatic carbocycles. The van der Waals surface area contributed by atoms with Crippen LogP contribution in [0.2, 0.25) is 0 Å². The summed E-state index contributed by atoms with van der Waals surface area (Å²) in [6.07, 6.45) is 3.58. The minimum Gasteiger partial charge on any atom is -0.455 e. The van der Waals surface area contributed by atoms with Crippen molar-refractivity contribution in [2.24, 2.45) is 11.8 Å². The second kappa shape index (κ2) is 9.68. The number of carbonyl (C=O) groups is 2. The van der Waals surface area contributed by atoms with E-state index in [2.05, 4.69) is 6.92 Å². The van der Waals surface area contributed by atoms with Crippen LogP contribution in [-0.2, 0) is 4.79 Å². The molecule has 0 N–H and O–H groups in total. The quantitative estimate of drug-likeness (QED) is 0.545. The van der Waals surface area contributed by atoms with Crippen LogP contribution in [0.3, 0.4) is 0 Å². The van der Waals surface area contributed by atoms with Crippen molar-refractivity contribution in [2.45, 2.75) is 39.5 Å². The van der Waals surface area contributed by atoms with Gasteiger partial charge in [-0.25, -0.2) is 0 Å². The van der Waals surface area contributed by atoms with E-state index in [-0.39, 0.29) is 23.2 Å². The highest BCUT2D eigenvalue weighted by atomic mass is 16.3. The number of hydrogen-bond acceptors (Lipinski definition) is 4. The third-order valence-electron chi connectivity index (χ3n) is 7.51. The molecule has 3 aromatic rings. The largest absolute Gasteiger partial charge is 0.455 e. The Balaban J connectivity index is 1.38. The maximum absolute atomic E-state index is 13.5. The maximum Gasteiger partial charge on any atom is 0.257 e. The number of benzene rings is 2. The van der Waals surface area contributed by atoms with Crippen LogP contribution in [0.5, 0.6) is 0 Å². The van der Waals surface area contributed by atoms with E-state index in [4.69, 9.17) is 4.42 Å². The van der Waals surface area contributed by atoms with Crippen molar-refractivity contribution in [3.63, 3.8) is 0 Å². The smallest absolute Gasteiger partial charge is 0.257 e. The predicted molar refractivity (Wildman–Crippen MR) is 136 cm³/mol. The lowest BCUT2D eigenvalue weighted by atomic mass is 9.92. The number of carbonyl (C=O) groups excluding carboxylic acids is 2. The zero-order valence-electron chi connectivity index (χ0n) is 20.5. The van der Waals surface area contributed by atoms with Crippen LogP contribution in [0.4, 0.5) is 0 Å². The number of likely N-dealkylation sites (tertiary alicyclic amines) is 2. The molecule has 182 valence electrons. The Morgan fingerprint density at radius 3 is 2.37 bits per heavy atom. The molecule has 0 bridgehead atoms. The van der Waals surface area contributed by atoms with E-state index in [1.54, 1.807) is 30.0 Å². The van der Waals surface area contributed by atoms with Crippen molar-refractivity contribution in [2.75, 3.05) is 26.2 Å². The Bertz CT molecular complexity index is 1310. The van der Waals surface area contributed by atoms with Crippen LogP contribution in [0.1, 0.15) is 48.5 Å². The lowest BCUT2D eigenvalue weighted by molar-refractivity contribution is -0.138. The minimum atomic E-state index is -0.154. The van der Waals surface area contributed by atoms with Gasteiger partial charge in [0.15, 0.2) is 11.0 Å². The number of rotatable bonds is 3. The van der Waals surface area contributed by atoms with Gasteiger partial charge in [-0.3, -0.25) is 14.4 Å². The summed E-state index contributed by atoms with van der Waals surface area (Å²) >= 11 is 0. The first-order valence-electron chi connectivity index (χ1n) is 12.6. The predicted octanol–water partition coefficient (Wildman–Crippen LogP) is 4.88. The van der Waals surface area contributed by atoms with Crippen molar-refractivity contribution >= 4 is 22.8 Å². The van der Waals surface area contributed by atoms with E-state index < -0.39 is 0 Å². The van der Waals surface area contributed by atoms with Gasteiger partial charge in [-0.2, -0.15) is 0 Å². The van der Waals surface area contributed by atoms with Gasteiger partial charge in [-0.15, -0.1) is 0 Å². The van der Waals surface area contributed by atoms with Gasteiger partial charge in [0.1, 0.15) is 5.76 Å². The van der Waals surface area contributed by atoms with Gasteiger partial charge in [-0.05, 0) is 50.7 Å². The fourth-order valence-electron chi connectivity index (χ4n) is 5.49. The molecule has 5 rings (SSSR count). The molecular weight excluding hydrogens is 440 g/mol. The molecule has 35 heavy (non-hydrogen) atoms. The molecule has 2 amide bonds. The van der Waals surface area contributed by atoms with Crippen molar-refractivity contribution in [3.05, 3.63) is 69.9 Å². The van der Waals surface area contributed by atoms with Crippen LogP contribution in [0.15, 0.2) is 57.7 Å². The second-order valence-corrected chi connectivity index (χ2v) is 10.0. The van der Waals surface area contributed by atoms with Gasteiger partial charge >= 0.3 is 0 Å². The number of amides is 2. The van der Waals surface area contributed by atoms with Crippen molar-refractivity contribution < 1.29 is 14.0 Å². The topological polar surface area (TPSA) is 70.8 Å². The highest BCUT2D eigenvalue weighted by molar-refractivity contribution is 6.05. The zero-order chi connectivity index (χ0) is 24.5. The minimum absolute atomic E-state index is 0.0258. The Kier molecular flexibility index (Phi) is 6.46. The molecular formula is C29H32N2O4. The van der Waals surface area contributed by atoms with Crippen molar-refractivity contribution in [1.82, 2.24) is 9.80 Å². The van der Waals surface area contributed by atoms with Crippen LogP contribution in [0.25, 0.3) is 22.3 Å². The van der Waals surface area contributed by atoms with Crippen LogP contribution >= 0.6 is 0 Å². The van der Waals surface area contributed by atoms with E-state index in [0.29, 0.717) is 59.7 Å². The van der Waals surface area contributed by atoms with E-state index in [1.165, 1.54) is 6.42 Å². The van der Waals surface area contributed by atoms with E-state index in [9.17, 15) is 14.4 Å². The average Bonchev–Trinajstić information content (AvgIpc) is 2.90. The highest BCUT2D eigenvalue weighted by Crippen LogP contribution is 2.29. The monoisotopic (exact) mass is 472 g/mol. The van der Waals surface area contributed by atoms with Gasteiger partial charge in [0.2, 0.25) is 5.91 Å². The summed E-state index contributed by atoms with van der Waals surface area (Å²) in [5.74, 6) is 1.10. The fourth-order valence-corrected chi connectivity index (χ4v) is 5.49. The molecule has 1 unspecified atom stereocenters. The Labute approximate surface area is 205 Å². The summed E-state index contributed by atoms with van der Waals surface area (Å²) in [4.78, 5) is 43.5. The van der Waals surface area contributed by atoms with Gasteiger partial charge in [-0.1, -0.05) is 43.3 Å². The third-order valence-corrected chi connectivity index (χ3v) is 7.51. The summed E-state index contributed by atoms with van der Waals surface area (Å²) in [6.45, 7) is 6.70. The van der Waals surface area contributed by atoms with Crippen LogP contribution in [-0.4, -0.2) is 47.8 Å². The fraction of sp³-hybridized carbons (Fsp3) is 0.414. The summed E-state index contributed by atoms with van der Waals surface area (Å²) < 4.78 is 6.24. The first-order valence-corrected chi connectivity index (χ1v) is 12.6. The van der Waals surface area contributed by atoms with E-state index in [1.807, 2.05) is 35.2 Å². The molecule has 3 heterocycles. The zero-order valence-corrected chi connectivity index (χ0v) is 20.5. The Morgan fingerprint density at radius 1 is 0.914 bits per heavy atom. The molecule has 2 aliphatic rings. The van der Waals surface area contributed by atoms with Gasteiger partial charge in [0, 0.05) is 43.2 Å². The number of nitrogens with zero attached hydrogens (tertiary/aromatic N) is 2. The summed E-state index contributed by atoms with van der Waals surface area (Å²) in [5.41, 5.74) is 1.93. The SMILES string of the molecule is Cc1c(-c2ccccc2)oc2c(C(=O)N3CCC(C(=O)N4CCCC(C)C4)CC3)cccc2c1=O. The molecule has 6 heteroatoms. The molecule has 2 aromatic carbocycles. The van der Waals surface area contributed by atoms with Crippen molar-refractivity contribution in [1.29, 1.82) is 0 Å². The van der Waals surface area contributed by atoms with Crippen LogP contribution < -0.4 is 5.43 Å². The molecule has 6 nitrogen and oxygen atoms in total. The van der Waals surface area contributed by atoms with Crippen molar-refractivity contribution in [3.8, 4) is 11.3 Å².